The highest BCUT2D eigenvalue weighted by molar-refractivity contribution is 7.13. The van der Waals surface area contributed by atoms with Crippen molar-refractivity contribution in [3.8, 4) is 0 Å². The van der Waals surface area contributed by atoms with E-state index in [1.807, 2.05) is 43.3 Å². The highest BCUT2D eigenvalue weighted by Gasteiger charge is 2.19. The smallest absolute Gasteiger partial charge is 0.254 e. The second-order valence-corrected chi connectivity index (χ2v) is 6.86. The van der Waals surface area contributed by atoms with Crippen LogP contribution in [0.3, 0.4) is 0 Å². The normalized spacial score (nSPS) is 10.7. The van der Waals surface area contributed by atoms with E-state index in [0.29, 0.717) is 23.8 Å². The fraction of sp³-hybridized carbons (Fsp3) is 0.389. The molecule has 0 saturated heterocycles. The SMILES string of the molecule is CCc1ccc(C(=O)N(CCN(C)C)CC(=O)Nc2nccs2)cc1. The van der Waals surface area contributed by atoms with E-state index in [4.69, 9.17) is 0 Å². The summed E-state index contributed by atoms with van der Waals surface area (Å²) in [5.41, 5.74) is 1.77. The van der Waals surface area contributed by atoms with Gasteiger partial charge >= 0.3 is 0 Å². The molecule has 2 amide bonds. The Kier molecular flexibility index (Phi) is 7.09. The van der Waals surface area contributed by atoms with Gasteiger partial charge < -0.3 is 15.1 Å². The van der Waals surface area contributed by atoms with Gasteiger partial charge in [0.05, 0.1) is 0 Å². The number of aromatic nitrogens is 1. The minimum absolute atomic E-state index is 0.00177. The number of nitrogens with zero attached hydrogens (tertiary/aromatic N) is 3. The number of aryl methyl sites for hydroxylation is 1. The van der Waals surface area contributed by atoms with Gasteiger partial charge in [-0.15, -0.1) is 11.3 Å². The lowest BCUT2D eigenvalue weighted by Gasteiger charge is -2.24. The number of nitrogens with one attached hydrogen (secondary N) is 1. The van der Waals surface area contributed by atoms with E-state index in [2.05, 4.69) is 17.2 Å². The number of hydrogen-bond acceptors (Lipinski definition) is 5. The molecule has 0 fully saturated rings. The molecule has 0 bridgehead atoms. The summed E-state index contributed by atoms with van der Waals surface area (Å²) >= 11 is 1.35. The van der Waals surface area contributed by atoms with Gasteiger partial charge in [-0.1, -0.05) is 19.1 Å². The van der Waals surface area contributed by atoms with Crippen LogP contribution in [-0.2, 0) is 11.2 Å². The van der Waals surface area contributed by atoms with E-state index in [0.717, 1.165) is 6.42 Å². The van der Waals surface area contributed by atoms with Gasteiger partial charge in [-0.2, -0.15) is 0 Å². The Bertz CT molecular complexity index is 684. The van der Waals surface area contributed by atoms with Gasteiger partial charge in [-0.3, -0.25) is 9.59 Å². The molecule has 1 N–H and O–H groups in total. The maximum Gasteiger partial charge on any atom is 0.254 e. The molecule has 1 heterocycles. The average molecular weight is 360 g/mol. The Labute approximate surface area is 152 Å². The molecule has 0 unspecified atom stereocenters. The van der Waals surface area contributed by atoms with E-state index in [1.165, 1.54) is 16.9 Å². The maximum absolute atomic E-state index is 12.8. The van der Waals surface area contributed by atoms with Gasteiger partial charge in [0.2, 0.25) is 5.91 Å². The summed E-state index contributed by atoms with van der Waals surface area (Å²) < 4.78 is 0. The molecule has 0 aliphatic heterocycles. The predicted octanol–water partition coefficient (Wildman–Crippen LogP) is 2.35. The molecular formula is C18H24N4O2S. The third kappa shape index (κ3) is 5.95. The highest BCUT2D eigenvalue weighted by Crippen LogP contribution is 2.12. The second kappa shape index (κ2) is 9.29. The number of carbonyl (C=O) groups is 2. The minimum atomic E-state index is -0.243. The van der Waals surface area contributed by atoms with E-state index in [-0.39, 0.29) is 18.4 Å². The summed E-state index contributed by atoms with van der Waals surface area (Å²) in [5.74, 6) is -0.383. The zero-order valence-electron chi connectivity index (χ0n) is 14.9. The molecular weight excluding hydrogens is 336 g/mol. The van der Waals surface area contributed by atoms with Crippen molar-refractivity contribution in [1.82, 2.24) is 14.8 Å². The topological polar surface area (TPSA) is 65.5 Å². The lowest BCUT2D eigenvalue weighted by atomic mass is 10.1. The predicted molar refractivity (Wildman–Crippen MR) is 101 cm³/mol. The van der Waals surface area contributed by atoms with Crippen LogP contribution in [0.2, 0.25) is 0 Å². The number of hydrogen-bond donors (Lipinski definition) is 1. The Morgan fingerprint density at radius 3 is 2.44 bits per heavy atom. The van der Waals surface area contributed by atoms with Crippen LogP contribution in [0.4, 0.5) is 5.13 Å². The van der Waals surface area contributed by atoms with Crippen LogP contribution in [0.25, 0.3) is 0 Å². The molecule has 0 radical (unpaired) electrons. The van der Waals surface area contributed by atoms with Crippen molar-refractivity contribution < 1.29 is 9.59 Å². The van der Waals surface area contributed by atoms with Gasteiger partial charge in [-0.05, 0) is 38.2 Å². The first kappa shape index (κ1) is 19.1. The second-order valence-electron chi connectivity index (χ2n) is 5.97. The van der Waals surface area contributed by atoms with Crippen molar-refractivity contribution >= 4 is 28.3 Å². The van der Waals surface area contributed by atoms with Crippen LogP contribution < -0.4 is 5.32 Å². The molecule has 0 aliphatic rings. The van der Waals surface area contributed by atoms with E-state index in [1.54, 1.807) is 16.5 Å². The molecule has 134 valence electrons. The van der Waals surface area contributed by atoms with Gasteiger partial charge in [0.15, 0.2) is 5.13 Å². The Hall–Kier alpha value is -2.25. The third-order valence-electron chi connectivity index (χ3n) is 3.73. The van der Waals surface area contributed by atoms with Crippen LogP contribution in [0.1, 0.15) is 22.8 Å². The monoisotopic (exact) mass is 360 g/mol. The van der Waals surface area contributed by atoms with Crippen molar-refractivity contribution in [2.24, 2.45) is 0 Å². The van der Waals surface area contributed by atoms with Gasteiger partial charge in [0.25, 0.3) is 5.91 Å². The number of anilines is 1. The molecule has 1 aromatic carbocycles. The number of rotatable bonds is 8. The first-order valence-electron chi connectivity index (χ1n) is 8.22. The summed E-state index contributed by atoms with van der Waals surface area (Å²) in [7, 11) is 3.88. The summed E-state index contributed by atoms with van der Waals surface area (Å²) in [4.78, 5) is 32.7. The summed E-state index contributed by atoms with van der Waals surface area (Å²) in [6.07, 6.45) is 2.56. The first-order chi connectivity index (χ1) is 12.0. The summed E-state index contributed by atoms with van der Waals surface area (Å²) in [5, 5.41) is 5.06. The van der Waals surface area contributed by atoms with Crippen LogP contribution in [-0.4, -0.2) is 60.3 Å². The molecule has 0 spiro atoms. The van der Waals surface area contributed by atoms with Crippen molar-refractivity contribution in [3.63, 3.8) is 0 Å². The lowest BCUT2D eigenvalue weighted by Crippen LogP contribution is -2.41. The lowest BCUT2D eigenvalue weighted by molar-refractivity contribution is -0.116. The van der Waals surface area contributed by atoms with Crippen LogP contribution >= 0.6 is 11.3 Å². The molecule has 7 heteroatoms. The van der Waals surface area contributed by atoms with Crippen molar-refractivity contribution in [2.45, 2.75) is 13.3 Å². The van der Waals surface area contributed by atoms with E-state index >= 15 is 0 Å². The Morgan fingerprint density at radius 2 is 1.88 bits per heavy atom. The Balaban J connectivity index is 2.07. The fourth-order valence-corrected chi connectivity index (χ4v) is 2.80. The zero-order valence-corrected chi connectivity index (χ0v) is 15.7. The summed E-state index contributed by atoms with van der Waals surface area (Å²) in [6, 6.07) is 7.55. The van der Waals surface area contributed by atoms with Crippen molar-refractivity contribution in [2.75, 3.05) is 39.0 Å². The van der Waals surface area contributed by atoms with Crippen molar-refractivity contribution in [3.05, 3.63) is 47.0 Å². The number of thiazole rings is 1. The van der Waals surface area contributed by atoms with Gasteiger partial charge in [0, 0.05) is 30.2 Å². The molecule has 25 heavy (non-hydrogen) atoms. The molecule has 0 atom stereocenters. The van der Waals surface area contributed by atoms with Gasteiger partial charge in [0.1, 0.15) is 6.54 Å². The molecule has 6 nitrogen and oxygen atoms in total. The largest absolute Gasteiger partial charge is 0.328 e. The molecule has 1 aromatic heterocycles. The molecule has 0 aliphatic carbocycles. The standard InChI is InChI=1S/C18H24N4O2S/c1-4-14-5-7-15(8-6-14)17(24)22(11-10-21(2)3)13-16(23)20-18-19-9-12-25-18/h5-9,12H,4,10-11,13H2,1-3H3,(H,19,20,23). The minimum Gasteiger partial charge on any atom is -0.328 e. The first-order valence-corrected chi connectivity index (χ1v) is 9.10. The van der Waals surface area contributed by atoms with Gasteiger partial charge in [-0.25, -0.2) is 4.98 Å². The molecule has 0 saturated carbocycles. The van der Waals surface area contributed by atoms with Crippen LogP contribution in [0.5, 0.6) is 0 Å². The molecule has 2 aromatic rings. The van der Waals surface area contributed by atoms with Crippen LogP contribution in [0.15, 0.2) is 35.8 Å². The number of likely N-dealkylation sites (N-methyl/N-ethyl adjacent to an activating group) is 1. The maximum atomic E-state index is 12.8. The zero-order chi connectivity index (χ0) is 18.2. The number of amides is 2. The summed E-state index contributed by atoms with van der Waals surface area (Å²) in [6.45, 7) is 3.24. The van der Waals surface area contributed by atoms with Crippen LogP contribution in [0, 0.1) is 0 Å². The van der Waals surface area contributed by atoms with Crippen molar-refractivity contribution in [1.29, 1.82) is 0 Å². The van der Waals surface area contributed by atoms with E-state index < -0.39 is 0 Å². The fourth-order valence-electron chi connectivity index (χ4n) is 2.26. The quantitative estimate of drug-likeness (QED) is 0.785. The third-order valence-corrected chi connectivity index (χ3v) is 4.42. The number of benzene rings is 1. The molecule has 2 rings (SSSR count). The average Bonchev–Trinajstić information content (AvgIpc) is 3.10. The Morgan fingerprint density at radius 1 is 1.16 bits per heavy atom. The van der Waals surface area contributed by atoms with E-state index in [9.17, 15) is 9.59 Å². The highest BCUT2D eigenvalue weighted by atomic mass is 32.1. The number of carbonyl (C=O) groups excluding carboxylic acids is 2.